The highest BCUT2D eigenvalue weighted by Crippen LogP contribution is 2.33. The number of hydrogen-bond donors (Lipinski definition) is 1. The molecule has 1 saturated carbocycles. The summed E-state index contributed by atoms with van der Waals surface area (Å²) in [5, 5.41) is 0. The number of nitrogens with two attached hydrogens (primary N) is 1. The molecule has 1 aromatic heterocycles. The Labute approximate surface area is 102 Å². The number of aromatic nitrogens is 1. The van der Waals surface area contributed by atoms with Gasteiger partial charge in [-0.15, -0.1) is 0 Å². The van der Waals surface area contributed by atoms with E-state index in [-0.39, 0.29) is 16.8 Å². The number of nitrogens with zero attached hydrogens (tertiary/aromatic N) is 2. The van der Waals surface area contributed by atoms with E-state index in [2.05, 4.69) is 4.98 Å². The molecule has 0 aromatic carbocycles. The molecule has 5 nitrogen and oxygen atoms in total. The Hall–Kier alpha value is -1.14. The van der Waals surface area contributed by atoms with Gasteiger partial charge in [0.05, 0.1) is 0 Å². The van der Waals surface area contributed by atoms with Crippen molar-refractivity contribution in [2.75, 3.05) is 12.3 Å². The van der Waals surface area contributed by atoms with Gasteiger partial charge in [0.25, 0.3) is 0 Å². The lowest BCUT2D eigenvalue weighted by Crippen LogP contribution is -2.34. The minimum absolute atomic E-state index is 0.0780. The lowest BCUT2D eigenvalue weighted by molar-refractivity contribution is 0.403. The first-order chi connectivity index (χ1) is 8.07. The standard InChI is InChI=1S/C11H17N3O2S/c1-2-8-14(9-5-6-9)17(15,16)10-4-3-7-13-11(10)12/h3-4,7,9H,2,5-6,8H2,1H3,(H2,12,13). The van der Waals surface area contributed by atoms with Crippen LogP contribution in [0.5, 0.6) is 0 Å². The maximum Gasteiger partial charge on any atom is 0.246 e. The van der Waals surface area contributed by atoms with Crippen molar-refractivity contribution in [2.45, 2.75) is 37.1 Å². The minimum Gasteiger partial charge on any atom is -0.383 e. The van der Waals surface area contributed by atoms with Crippen LogP contribution in [0, 0.1) is 0 Å². The monoisotopic (exact) mass is 255 g/mol. The van der Waals surface area contributed by atoms with Gasteiger partial charge in [0, 0.05) is 18.8 Å². The Bertz CT molecular complexity index is 497. The molecule has 1 aromatic rings. The predicted octanol–water partition coefficient (Wildman–Crippen LogP) is 1.23. The highest BCUT2D eigenvalue weighted by molar-refractivity contribution is 7.89. The van der Waals surface area contributed by atoms with Gasteiger partial charge < -0.3 is 5.73 Å². The van der Waals surface area contributed by atoms with Crippen molar-refractivity contribution in [3.05, 3.63) is 18.3 Å². The van der Waals surface area contributed by atoms with Crippen molar-refractivity contribution in [2.24, 2.45) is 0 Å². The second-order valence-electron chi connectivity index (χ2n) is 4.23. The molecule has 17 heavy (non-hydrogen) atoms. The largest absolute Gasteiger partial charge is 0.383 e. The van der Waals surface area contributed by atoms with Crippen LogP contribution < -0.4 is 5.73 Å². The quantitative estimate of drug-likeness (QED) is 0.858. The summed E-state index contributed by atoms with van der Waals surface area (Å²) in [4.78, 5) is 3.96. The zero-order valence-corrected chi connectivity index (χ0v) is 10.7. The van der Waals surface area contributed by atoms with Crippen LogP contribution in [0.3, 0.4) is 0 Å². The van der Waals surface area contributed by atoms with E-state index in [9.17, 15) is 8.42 Å². The summed E-state index contributed by atoms with van der Waals surface area (Å²) >= 11 is 0. The summed E-state index contributed by atoms with van der Waals surface area (Å²) in [7, 11) is -3.48. The van der Waals surface area contributed by atoms with Crippen LogP contribution in [0.2, 0.25) is 0 Å². The van der Waals surface area contributed by atoms with Gasteiger partial charge in [0.15, 0.2) is 0 Å². The Morgan fingerprint density at radius 3 is 2.76 bits per heavy atom. The number of rotatable bonds is 5. The van der Waals surface area contributed by atoms with Gasteiger partial charge >= 0.3 is 0 Å². The Balaban J connectivity index is 2.37. The Morgan fingerprint density at radius 1 is 1.53 bits per heavy atom. The van der Waals surface area contributed by atoms with E-state index in [0.29, 0.717) is 6.54 Å². The maximum absolute atomic E-state index is 12.4. The highest BCUT2D eigenvalue weighted by Gasteiger charge is 2.38. The zero-order valence-electron chi connectivity index (χ0n) is 9.83. The normalized spacial score (nSPS) is 16.4. The summed E-state index contributed by atoms with van der Waals surface area (Å²) in [6.45, 7) is 2.51. The fraction of sp³-hybridized carbons (Fsp3) is 0.545. The van der Waals surface area contributed by atoms with E-state index in [4.69, 9.17) is 5.73 Å². The van der Waals surface area contributed by atoms with Crippen molar-refractivity contribution in [3.63, 3.8) is 0 Å². The summed E-state index contributed by atoms with van der Waals surface area (Å²) in [5.41, 5.74) is 5.64. The number of nitrogen functional groups attached to an aromatic ring is 1. The first-order valence-corrected chi connectivity index (χ1v) is 7.23. The molecule has 1 aliphatic carbocycles. The molecule has 1 fully saturated rings. The molecule has 0 radical (unpaired) electrons. The molecule has 1 aliphatic rings. The van der Waals surface area contributed by atoms with Gasteiger partial charge in [-0.1, -0.05) is 6.92 Å². The molecule has 2 N–H and O–H groups in total. The molecule has 1 heterocycles. The van der Waals surface area contributed by atoms with E-state index >= 15 is 0 Å². The van der Waals surface area contributed by atoms with Crippen LogP contribution in [-0.2, 0) is 10.0 Å². The van der Waals surface area contributed by atoms with Crippen molar-refractivity contribution < 1.29 is 8.42 Å². The molecule has 0 bridgehead atoms. The lowest BCUT2D eigenvalue weighted by Gasteiger charge is -2.21. The van der Waals surface area contributed by atoms with Crippen molar-refractivity contribution in [1.29, 1.82) is 0 Å². The fourth-order valence-electron chi connectivity index (χ4n) is 1.83. The molecule has 0 atom stereocenters. The third kappa shape index (κ3) is 2.42. The number of sulfonamides is 1. The summed E-state index contributed by atoms with van der Waals surface area (Å²) < 4.78 is 26.4. The van der Waals surface area contributed by atoms with Crippen LogP contribution in [-0.4, -0.2) is 30.3 Å². The summed E-state index contributed by atoms with van der Waals surface area (Å²) in [6, 6.07) is 3.27. The van der Waals surface area contributed by atoms with Gasteiger partial charge in [-0.05, 0) is 31.4 Å². The highest BCUT2D eigenvalue weighted by atomic mass is 32.2. The SMILES string of the molecule is CCCN(C1CC1)S(=O)(=O)c1cccnc1N. The van der Waals surface area contributed by atoms with Crippen molar-refractivity contribution in [3.8, 4) is 0 Å². The molecule has 2 rings (SSSR count). The smallest absolute Gasteiger partial charge is 0.246 e. The van der Waals surface area contributed by atoms with E-state index < -0.39 is 10.0 Å². The van der Waals surface area contributed by atoms with Gasteiger partial charge in [-0.25, -0.2) is 13.4 Å². The molecule has 94 valence electrons. The maximum atomic E-state index is 12.4. The first kappa shape index (κ1) is 12.3. The Morgan fingerprint density at radius 2 is 2.24 bits per heavy atom. The number of pyridine rings is 1. The average Bonchev–Trinajstić information content (AvgIpc) is 3.10. The van der Waals surface area contributed by atoms with Crippen molar-refractivity contribution in [1.82, 2.24) is 9.29 Å². The molecule has 6 heteroatoms. The first-order valence-electron chi connectivity index (χ1n) is 5.79. The lowest BCUT2D eigenvalue weighted by atomic mass is 10.5. The van der Waals surface area contributed by atoms with Gasteiger partial charge in [0.2, 0.25) is 10.0 Å². The van der Waals surface area contributed by atoms with E-state index in [1.165, 1.54) is 12.3 Å². The predicted molar refractivity (Wildman–Crippen MR) is 65.9 cm³/mol. The third-order valence-corrected chi connectivity index (χ3v) is 4.78. The third-order valence-electron chi connectivity index (χ3n) is 2.78. The minimum atomic E-state index is -3.48. The van der Waals surface area contributed by atoms with Gasteiger partial charge in [0.1, 0.15) is 10.7 Å². The van der Waals surface area contributed by atoms with Gasteiger partial charge in [-0.2, -0.15) is 4.31 Å². The molecule has 0 unspecified atom stereocenters. The molecule has 0 aliphatic heterocycles. The van der Waals surface area contributed by atoms with E-state index in [0.717, 1.165) is 19.3 Å². The number of hydrogen-bond acceptors (Lipinski definition) is 4. The van der Waals surface area contributed by atoms with Gasteiger partial charge in [-0.3, -0.25) is 0 Å². The van der Waals surface area contributed by atoms with E-state index in [1.54, 1.807) is 10.4 Å². The molecule has 0 saturated heterocycles. The zero-order chi connectivity index (χ0) is 12.5. The summed E-state index contributed by atoms with van der Waals surface area (Å²) in [5.74, 6) is 0.0780. The van der Waals surface area contributed by atoms with Crippen molar-refractivity contribution >= 4 is 15.8 Å². The fourth-order valence-corrected chi connectivity index (χ4v) is 3.68. The topological polar surface area (TPSA) is 76.3 Å². The van der Waals surface area contributed by atoms with Crippen LogP contribution in [0.4, 0.5) is 5.82 Å². The number of anilines is 1. The average molecular weight is 255 g/mol. The van der Waals surface area contributed by atoms with Crippen LogP contribution >= 0.6 is 0 Å². The molecular weight excluding hydrogens is 238 g/mol. The molecular formula is C11H17N3O2S. The van der Waals surface area contributed by atoms with Crippen LogP contribution in [0.25, 0.3) is 0 Å². The Kier molecular flexibility index (Phi) is 3.35. The molecule has 0 amide bonds. The second kappa shape index (κ2) is 4.62. The van der Waals surface area contributed by atoms with E-state index in [1.807, 2.05) is 6.92 Å². The van der Waals surface area contributed by atoms with Crippen LogP contribution in [0.1, 0.15) is 26.2 Å². The summed E-state index contributed by atoms with van der Waals surface area (Å²) in [6.07, 6.45) is 4.18. The van der Waals surface area contributed by atoms with Crippen LogP contribution in [0.15, 0.2) is 23.2 Å². The molecule has 0 spiro atoms. The second-order valence-corrected chi connectivity index (χ2v) is 6.09.